The van der Waals surface area contributed by atoms with Crippen molar-refractivity contribution in [2.75, 3.05) is 19.6 Å². The van der Waals surface area contributed by atoms with Gasteiger partial charge in [-0.25, -0.2) is 13.2 Å². The van der Waals surface area contributed by atoms with Gasteiger partial charge in [0.05, 0.1) is 0 Å². The lowest BCUT2D eigenvalue weighted by atomic mass is 10.0. The summed E-state index contributed by atoms with van der Waals surface area (Å²) in [6.45, 7) is 1.69. The Balaban J connectivity index is 1.77. The van der Waals surface area contributed by atoms with Crippen molar-refractivity contribution in [1.82, 2.24) is 9.88 Å². The highest BCUT2D eigenvalue weighted by atomic mass is 19.1. The summed E-state index contributed by atoms with van der Waals surface area (Å²) in [6, 6.07) is 3.49. The molecule has 118 valence electrons. The average Bonchev–Trinajstić information content (AvgIpc) is 2.48. The lowest BCUT2D eigenvalue weighted by Gasteiger charge is -2.32. The lowest BCUT2D eigenvalue weighted by molar-refractivity contribution is 0.121. The van der Waals surface area contributed by atoms with Crippen LogP contribution in [-0.2, 0) is 6.42 Å². The van der Waals surface area contributed by atoms with Gasteiger partial charge in [-0.1, -0.05) is 0 Å². The van der Waals surface area contributed by atoms with Gasteiger partial charge in [-0.15, -0.1) is 0 Å². The minimum Gasteiger partial charge on any atom is -0.325 e. The number of fused-ring (bicyclic) bond motifs is 1. The number of aromatic nitrogens is 1. The Hall–Kier alpha value is -1.66. The fraction of sp³-hybridized carbons (Fsp3) is 0.438. The molecule has 1 saturated heterocycles. The maximum atomic E-state index is 13.7. The summed E-state index contributed by atoms with van der Waals surface area (Å²) in [6.07, 6.45) is 1.71. The highest BCUT2D eigenvalue weighted by molar-refractivity contribution is 5.82. The fourth-order valence-electron chi connectivity index (χ4n) is 2.92. The Labute approximate surface area is 126 Å². The maximum Gasteiger partial charge on any atom is 0.152 e. The number of alkyl halides is 1. The van der Waals surface area contributed by atoms with E-state index < -0.39 is 17.8 Å². The van der Waals surface area contributed by atoms with E-state index in [1.807, 2.05) is 4.90 Å². The molecule has 0 amide bonds. The number of hydrogen-bond acceptors (Lipinski definition) is 3. The zero-order chi connectivity index (χ0) is 15.7. The van der Waals surface area contributed by atoms with E-state index in [9.17, 15) is 13.2 Å². The second kappa shape index (κ2) is 6.22. The number of piperidine rings is 1. The molecule has 0 unspecified atom stereocenters. The molecular formula is C16H18F3N3. The Morgan fingerprint density at radius 2 is 2.14 bits per heavy atom. The Bertz CT molecular complexity index is 677. The molecule has 1 fully saturated rings. The zero-order valence-electron chi connectivity index (χ0n) is 12.1. The van der Waals surface area contributed by atoms with Crippen LogP contribution in [0.2, 0.25) is 0 Å². The van der Waals surface area contributed by atoms with Crippen LogP contribution in [0.4, 0.5) is 13.2 Å². The number of pyridine rings is 1. The molecule has 0 bridgehead atoms. The van der Waals surface area contributed by atoms with Crippen molar-refractivity contribution in [2.45, 2.75) is 25.1 Å². The SMILES string of the molecule is N[C@@H]1CCN(CCc2ccnc3c(F)cc(F)cc23)C[C@H]1F. The van der Waals surface area contributed by atoms with Crippen molar-refractivity contribution in [3.63, 3.8) is 0 Å². The summed E-state index contributed by atoms with van der Waals surface area (Å²) in [5.74, 6) is -1.28. The number of hydrogen-bond donors (Lipinski definition) is 1. The van der Waals surface area contributed by atoms with Crippen LogP contribution in [-0.4, -0.2) is 41.7 Å². The Kier molecular flexibility index (Phi) is 4.31. The van der Waals surface area contributed by atoms with Crippen LogP contribution < -0.4 is 5.73 Å². The smallest absolute Gasteiger partial charge is 0.152 e. The van der Waals surface area contributed by atoms with Crippen LogP contribution >= 0.6 is 0 Å². The molecule has 1 aromatic carbocycles. The molecule has 0 radical (unpaired) electrons. The molecule has 1 aliphatic heterocycles. The van der Waals surface area contributed by atoms with Crippen LogP contribution in [0.15, 0.2) is 24.4 Å². The second-order valence-corrected chi connectivity index (χ2v) is 5.77. The van der Waals surface area contributed by atoms with E-state index in [4.69, 9.17) is 5.73 Å². The Morgan fingerprint density at radius 1 is 1.32 bits per heavy atom. The van der Waals surface area contributed by atoms with Crippen LogP contribution in [0.5, 0.6) is 0 Å². The van der Waals surface area contributed by atoms with E-state index in [0.717, 1.165) is 18.2 Å². The maximum absolute atomic E-state index is 13.7. The molecule has 0 saturated carbocycles. The Morgan fingerprint density at radius 3 is 2.91 bits per heavy atom. The number of rotatable bonds is 3. The third-order valence-corrected chi connectivity index (χ3v) is 4.23. The van der Waals surface area contributed by atoms with Crippen molar-refractivity contribution >= 4 is 10.9 Å². The van der Waals surface area contributed by atoms with Crippen molar-refractivity contribution < 1.29 is 13.2 Å². The van der Waals surface area contributed by atoms with Crippen LogP contribution in [0.1, 0.15) is 12.0 Å². The molecule has 6 heteroatoms. The van der Waals surface area contributed by atoms with Gasteiger partial charge < -0.3 is 5.73 Å². The first-order valence-corrected chi connectivity index (χ1v) is 7.39. The van der Waals surface area contributed by atoms with Crippen molar-refractivity contribution in [2.24, 2.45) is 5.73 Å². The first-order valence-electron chi connectivity index (χ1n) is 7.39. The summed E-state index contributed by atoms with van der Waals surface area (Å²) in [4.78, 5) is 5.96. The normalized spacial score (nSPS) is 23.1. The quantitative estimate of drug-likeness (QED) is 0.947. The largest absolute Gasteiger partial charge is 0.325 e. The summed E-state index contributed by atoms with van der Waals surface area (Å²) < 4.78 is 40.8. The molecule has 2 N–H and O–H groups in total. The summed E-state index contributed by atoms with van der Waals surface area (Å²) in [7, 11) is 0. The highest BCUT2D eigenvalue weighted by Crippen LogP contribution is 2.22. The van der Waals surface area contributed by atoms with E-state index in [1.54, 1.807) is 6.07 Å². The van der Waals surface area contributed by atoms with Crippen LogP contribution in [0.3, 0.4) is 0 Å². The van der Waals surface area contributed by atoms with Crippen LogP contribution in [0, 0.1) is 11.6 Å². The van der Waals surface area contributed by atoms with E-state index >= 15 is 0 Å². The summed E-state index contributed by atoms with van der Waals surface area (Å²) in [5.41, 5.74) is 6.65. The second-order valence-electron chi connectivity index (χ2n) is 5.77. The van der Waals surface area contributed by atoms with Gasteiger partial charge in [0, 0.05) is 36.8 Å². The molecule has 0 spiro atoms. The molecule has 3 rings (SSSR count). The molecule has 1 aromatic heterocycles. The summed E-state index contributed by atoms with van der Waals surface area (Å²) in [5, 5.41) is 0.477. The van der Waals surface area contributed by atoms with Gasteiger partial charge in [0.25, 0.3) is 0 Å². The average molecular weight is 309 g/mol. The third kappa shape index (κ3) is 3.08. The molecular weight excluding hydrogens is 291 g/mol. The van der Waals surface area contributed by atoms with Crippen molar-refractivity contribution in [3.05, 3.63) is 41.6 Å². The molecule has 1 aliphatic rings. The number of nitrogens with zero attached hydrogens (tertiary/aromatic N) is 2. The van der Waals surface area contributed by atoms with E-state index in [0.29, 0.717) is 31.3 Å². The standard InChI is InChI=1S/C16H18F3N3/c17-11-7-12-10(1-4-21-16(12)13(18)8-11)2-5-22-6-3-15(20)14(19)9-22/h1,4,7-8,14-15H,2-3,5-6,9,20H2/t14-,15-/m1/s1. The third-order valence-electron chi connectivity index (χ3n) is 4.23. The van der Waals surface area contributed by atoms with E-state index in [2.05, 4.69) is 4.98 Å². The molecule has 3 nitrogen and oxygen atoms in total. The van der Waals surface area contributed by atoms with Gasteiger partial charge in [0.2, 0.25) is 0 Å². The molecule has 2 heterocycles. The predicted molar refractivity (Wildman–Crippen MR) is 79.3 cm³/mol. The molecule has 2 aromatic rings. The topological polar surface area (TPSA) is 42.1 Å². The minimum atomic E-state index is -1.02. The fourth-order valence-corrected chi connectivity index (χ4v) is 2.92. The van der Waals surface area contributed by atoms with Gasteiger partial charge in [-0.2, -0.15) is 0 Å². The van der Waals surface area contributed by atoms with E-state index in [1.165, 1.54) is 12.3 Å². The van der Waals surface area contributed by atoms with Gasteiger partial charge in [-0.3, -0.25) is 9.88 Å². The first kappa shape index (κ1) is 15.2. The summed E-state index contributed by atoms with van der Waals surface area (Å²) >= 11 is 0. The zero-order valence-corrected chi connectivity index (χ0v) is 12.1. The first-order chi connectivity index (χ1) is 10.5. The molecule has 0 aliphatic carbocycles. The highest BCUT2D eigenvalue weighted by Gasteiger charge is 2.25. The molecule has 2 atom stereocenters. The van der Waals surface area contributed by atoms with Gasteiger partial charge >= 0.3 is 0 Å². The van der Waals surface area contributed by atoms with Crippen molar-refractivity contribution in [1.29, 1.82) is 0 Å². The van der Waals surface area contributed by atoms with Gasteiger partial charge in [0.1, 0.15) is 17.5 Å². The predicted octanol–water partition coefficient (Wildman–Crippen LogP) is 2.43. The molecule has 22 heavy (non-hydrogen) atoms. The lowest BCUT2D eigenvalue weighted by Crippen LogP contribution is -2.48. The number of likely N-dealkylation sites (tertiary alicyclic amines) is 1. The van der Waals surface area contributed by atoms with E-state index in [-0.39, 0.29) is 11.6 Å². The number of nitrogens with two attached hydrogens (primary N) is 1. The number of benzene rings is 1. The van der Waals surface area contributed by atoms with Crippen molar-refractivity contribution in [3.8, 4) is 0 Å². The van der Waals surface area contributed by atoms with Gasteiger partial charge in [0.15, 0.2) is 5.82 Å². The van der Waals surface area contributed by atoms with Gasteiger partial charge in [-0.05, 0) is 37.1 Å². The monoisotopic (exact) mass is 309 g/mol. The minimum absolute atomic E-state index is 0.169. The van der Waals surface area contributed by atoms with Crippen LogP contribution in [0.25, 0.3) is 10.9 Å². The number of halogens is 3.